The molecule has 2 heterocycles. The number of aromatic nitrogens is 3. The van der Waals surface area contributed by atoms with Gasteiger partial charge in [0.15, 0.2) is 11.6 Å². The molecule has 2 aromatic rings. The van der Waals surface area contributed by atoms with E-state index in [1.54, 1.807) is 19.3 Å². The molecule has 1 atom stereocenters. The van der Waals surface area contributed by atoms with Crippen molar-refractivity contribution in [3.63, 3.8) is 0 Å². The molecule has 0 bridgehead atoms. The summed E-state index contributed by atoms with van der Waals surface area (Å²) < 4.78 is 45.6. The Balaban J connectivity index is 1.81. The van der Waals surface area contributed by atoms with Crippen LogP contribution in [0.1, 0.15) is 19.4 Å². The Hall–Kier alpha value is -2.00. The average molecular weight is 340 g/mol. The largest absolute Gasteiger partial charge is 0.491 e. The molecule has 0 radical (unpaired) electrons. The van der Waals surface area contributed by atoms with E-state index in [9.17, 15) is 12.8 Å². The van der Waals surface area contributed by atoms with E-state index in [1.165, 1.54) is 21.2 Å². The zero-order valence-corrected chi connectivity index (χ0v) is 13.4. The number of halogens is 1. The zero-order valence-electron chi connectivity index (χ0n) is 12.6. The molecule has 0 unspecified atom stereocenters. The monoisotopic (exact) mass is 340 g/mol. The van der Waals surface area contributed by atoms with Gasteiger partial charge in [0.05, 0.1) is 29.9 Å². The molecule has 1 saturated heterocycles. The fourth-order valence-electron chi connectivity index (χ4n) is 2.60. The summed E-state index contributed by atoms with van der Waals surface area (Å²) in [7, 11) is -3.75. The molecule has 3 rings (SSSR count). The van der Waals surface area contributed by atoms with Crippen LogP contribution in [-0.2, 0) is 10.0 Å². The quantitative estimate of drug-likeness (QED) is 0.823. The number of ether oxygens (including phenoxy) is 1. The Morgan fingerprint density at radius 2 is 2.09 bits per heavy atom. The van der Waals surface area contributed by atoms with Gasteiger partial charge in [0, 0.05) is 13.1 Å². The summed E-state index contributed by atoms with van der Waals surface area (Å²) in [4.78, 5) is 1.43. The highest BCUT2D eigenvalue weighted by Gasteiger charge is 2.34. The topological polar surface area (TPSA) is 77.3 Å². The van der Waals surface area contributed by atoms with Crippen molar-refractivity contribution >= 4 is 10.0 Å². The number of sulfonamides is 1. The van der Waals surface area contributed by atoms with E-state index in [0.717, 1.165) is 6.07 Å². The third kappa shape index (κ3) is 3.06. The van der Waals surface area contributed by atoms with Crippen LogP contribution in [0.3, 0.4) is 0 Å². The van der Waals surface area contributed by atoms with E-state index in [1.807, 2.05) is 0 Å². The highest BCUT2D eigenvalue weighted by atomic mass is 32.2. The molecule has 1 aromatic carbocycles. The first-order valence-corrected chi connectivity index (χ1v) is 8.74. The summed E-state index contributed by atoms with van der Waals surface area (Å²) in [5, 5.41) is 8.08. The van der Waals surface area contributed by atoms with Gasteiger partial charge < -0.3 is 4.74 Å². The Kier molecular flexibility index (Phi) is 4.31. The molecule has 7 nitrogen and oxygen atoms in total. The standard InChI is InChI=1S/C14H17FN4O3S/c1-2-22-14-4-3-12(9-13(14)15)23(20,21)18-8-5-11(10-18)19-16-6-7-17-19/h3-4,6-7,9,11H,2,5,8,10H2,1H3/t11-/m1/s1. The van der Waals surface area contributed by atoms with Crippen LogP contribution in [-0.4, -0.2) is 47.4 Å². The van der Waals surface area contributed by atoms with Gasteiger partial charge in [0.25, 0.3) is 0 Å². The number of hydrogen-bond donors (Lipinski definition) is 0. The van der Waals surface area contributed by atoms with E-state index in [2.05, 4.69) is 10.2 Å². The van der Waals surface area contributed by atoms with E-state index in [0.29, 0.717) is 19.6 Å². The van der Waals surface area contributed by atoms with E-state index < -0.39 is 15.8 Å². The van der Waals surface area contributed by atoms with Gasteiger partial charge in [0.2, 0.25) is 10.0 Å². The molecule has 23 heavy (non-hydrogen) atoms. The van der Waals surface area contributed by atoms with Crippen LogP contribution in [0.25, 0.3) is 0 Å². The lowest BCUT2D eigenvalue weighted by Gasteiger charge is -2.17. The molecule has 1 aliphatic rings. The van der Waals surface area contributed by atoms with Gasteiger partial charge in [-0.15, -0.1) is 0 Å². The molecule has 9 heteroatoms. The summed E-state index contributed by atoms with van der Waals surface area (Å²) in [6, 6.07) is 3.60. The summed E-state index contributed by atoms with van der Waals surface area (Å²) in [6.07, 6.45) is 3.73. The Morgan fingerprint density at radius 3 is 2.74 bits per heavy atom. The SMILES string of the molecule is CCOc1ccc(S(=O)(=O)N2CC[C@@H](n3nccn3)C2)cc1F. The first-order valence-electron chi connectivity index (χ1n) is 7.30. The second-order valence-electron chi connectivity index (χ2n) is 5.18. The maximum absolute atomic E-state index is 13.9. The first kappa shape index (κ1) is 15.9. The molecule has 0 amide bonds. The maximum Gasteiger partial charge on any atom is 0.243 e. The van der Waals surface area contributed by atoms with Crippen LogP contribution in [0.4, 0.5) is 4.39 Å². The molecule has 1 aromatic heterocycles. The van der Waals surface area contributed by atoms with Crippen LogP contribution in [0.15, 0.2) is 35.5 Å². The van der Waals surface area contributed by atoms with Gasteiger partial charge in [-0.05, 0) is 31.5 Å². The Bertz CT molecular complexity index is 779. The zero-order chi connectivity index (χ0) is 16.4. The third-order valence-corrected chi connectivity index (χ3v) is 5.59. The molecule has 0 N–H and O–H groups in total. The normalized spacial score (nSPS) is 19.1. The van der Waals surface area contributed by atoms with E-state index in [4.69, 9.17) is 4.74 Å². The highest BCUT2D eigenvalue weighted by molar-refractivity contribution is 7.89. The van der Waals surface area contributed by atoms with Crippen LogP contribution in [0, 0.1) is 5.82 Å². The van der Waals surface area contributed by atoms with Crippen molar-refractivity contribution in [1.82, 2.24) is 19.3 Å². The number of nitrogens with zero attached hydrogens (tertiary/aromatic N) is 4. The Labute approximate surface area is 133 Å². The van der Waals surface area contributed by atoms with E-state index >= 15 is 0 Å². The molecule has 1 aliphatic heterocycles. The lowest BCUT2D eigenvalue weighted by Crippen LogP contribution is -2.29. The molecule has 0 spiro atoms. The molecule has 124 valence electrons. The van der Waals surface area contributed by atoms with Crippen LogP contribution >= 0.6 is 0 Å². The summed E-state index contributed by atoms with van der Waals surface area (Å²) >= 11 is 0. The van der Waals surface area contributed by atoms with Crippen molar-refractivity contribution in [2.24, 2.45) is 0 Å². The van der Waals surface area contributed by atoms with Crippen LogP contribution in [0.2, 0.25) is 0 Å². The van der Waals surface area contributed by atoms with E-state index in [-0.39, 0.29) is 23.2 Å². The van der Waals surface area contributed by atoms with Crippen LogP contribution in [0.5, 0.6) is 5.75 Å². The van der Waals surface area contributed by atoms with Gasteiger partial charge in [-0.2, -0.15) is 19.3 Å². The van der Waals surface area contributed by atoms with Gasteiger partial charge >= 0.3 is 0 Å². The lowest BCUT2D eigenvalue weighted by molar-refractivity contribution is 0.321. The summed E-state index contributed by atoms with van der Waals surface area (Å²) in [6.45, 7) is 2.67. The van der Waals surface area contributed by atoms with Crippen molar-refractivity contribution in [3.8, 4) is 5.75 Å². The number of benzene rings is 1. The molecule has 0 saturated carbocycles. The van der Waals surface area contributed by atoms with Crippen LogP contribution < -0.4 is 4.74 Å². The summed E-state index contributed by atoms with van der Waals surface area (Å²) in [5.74, 6) is -0.635. The molecule has 0 aliphatic carbocycles. The minimum atomic E-state index is -3.75. The molecule has 1 fully saturated rings. The fraction of sp³-hybridized carbons (Fsp3) is 0.429. The fourth-order valence-corrected chi connectivity index (χ4v) is 4.10. The lowest BCUT2D eigenvalue weighted by atomic mass is 10.3. The average Bonchev–Trinajstić information content (AvgIpc) is 3.20. The second kappa shape index (κ2) is 6.25. The van der Waals surface area contributed by atoms with Crippen molar-refractivity contribution in [2.45, 2.75) is 24.3 Å². The number of rotatable bonds is 5. The van der Waals surface area contributed by atoms with Gasteiger partial charge in [-0.3, -0.25) is 0 Å². The van der Waals surface area contributed by atoms with Crippen molar-refractivity contribution < 1.29 is 17.5 Å². The van der Waals surface area contributed by atoms with Gasteiger partial charge in [0.1, 0.15) is 0 Å². The van der Waals surface area contributed by atoms with Crippen molar-refractivity contribution in [3.05, 3.63) is 36.4 Å². The summed E-state index contributed by atoms with van der Waals surface area (Å²) in [5.41, 5.74) is 0. The van der Waals surface area contributed by atoms with Crippen molar-refractivity contribution in [2.75, 3.05) is 19.7 Å². The predicted molar refractivity (Wildman–Crippen MR) is 80.0 cm³/mol. The minimum absolute atomic E-state index is 0.0477. The second-order valence-corrected chi connectivity index (χ2v) is 7.12. The van der Waals surface area contributed by atoms with Crippen molar-refractivity contribution in [1.29, 1.82) is 0 Å². The molecular weight excluding hydrogens is 323 g/mol. The van der Waals surface area contributed by atoms with Gasteiger partial charge in [-0.1, -0.05) is 0 Å². The highest BCUT2D eigenvalue weighted by Crippen LogP contribution is 2.28. The predicted octanol–water partition coefficient (Wildman–Crippen LogP) is 1.45. The maximum atomic E-state index is 13.9. The first-order chi connectivity index (χ1) is 11.0. The van der Waals surface area contributed by atoms with Gasteiger partial charge in [-0.25, -0.2) is 12.8 Å². The molecular formula is C14H17FN4O3S. The third-order valence-electron chi connectivity index (χ3n) is 3.73. The number of hydrogen-bond acceptors (Lipinski definition) is 5. The Morgan fingerprint density at radius 1 is 1.35 bits per heavy atom. The smallest absolute Gasteiger partial charge is 0.243 e. The minimum Gasteiger partial charge on any atom is -0.491 e.